The van der Waals surface area contributed by atoms with E-state index in [-0.39, 0.29) is 5.91 Å². The number of fused-ring (bicyclic) bond motifs is 1. The van der Waals surface area contributed by atoms with Crippen LogP contribution in [0.15, 0.2) is 54.7 Å². The van der Waals surface area contributed by atoms with Gasteiger partial charge in [-0.1, -0.05) is 44.5 Å². The van der Waals surface area contributed by atoms with Crippen LogP contribution in [0, 0.1) is 18.2 Å². The molecule has 0 fully saturated rings. The molecule has 0 atom stereocenters. The SMILES string of the molecule is Cc1ccc(-c2cn3nc(-c4cc(Cl)ccc4F)ccc3n2)cc1NC(=O)C(C)(C)C. The second-order valence-electron chi connectivity index (χ2n) is 8.51. The smallest absolute Gasteiger partial charge is 0.229 e. The van der Waals surface area contributed by atoms with Gasteiger partial charge in [0, 0.05) is 27.3 Å². The number of anilines is 1. The van der Waals surface area contributed by atoms with Gasteiger partial charge in [0.2, 0.25) is 5.91 Å². The van der Waals surface area contributed by atoms with E-state index in [2.05, 4.69) is 15.4 Å². The average Bonchev–Trinajstić information content (AvgIpc) is 3.14. The fourth-order valence-electron chi connectivity index (χ4n) is 3.08. The molecule has 5 nitrogen and oxygen atoms in total. The largest absolute Gasteiger partial charge is 0.325 e. The van der Waals surface area contributed by atoms with Crippen molar-refractivity contribution in [1.29, 1.82) is 0 Å². The molecule has 0 bridgehead atoms. The van der Waals surface area contributed by atoms with Gasteiger partial charge in [-0.25, -0.2) is 13.9 Å². The zero-order chi connectivity index (χ0) is 22.3. The van der Waals surface area contributed by atoms with Crippen LogP contribution in [-0.4, -0.2) is 20.5 Å². The van der Waals surface area contributed by atoms with E-state index in [1.54, 1.807) is 28.9 Å². The molecule has 0 aliphatic heterocycles. The number of carbonyl (C=O) groups excluding carboxylic acids is 1. The zero-order valence-electron chi connectivity index (χ0n) is 17.7. The first kappa shape index (κ1) is 21.0. The summed E-state index contributed by atoms with van der Waals surface area (Å²) in [5, 5.41) is 7.93. The van der Waals surface area contributed by atoms with Gasteiger partial charge in [-0.05, 0) is 48.9 Å². The molecule has 1 N–H and O–H groups in total. The number of benzene rings is 2. The van der Waals surface area contributed by atoms with E-state index in [9.17, 15) is 9.18 Å². The van der Waals surface area contributed by atoms with Crippen LogP contribution in [0.25, 0.3) is 28.2 Å². The Morgan fingerprint density at radius 3 is 2.58 bits per heavy atom. The molecular weight excluding hydrogens is 415 g/mol. The summed E-state index contributed by atoms with van der Waals surface area (Å²) in [6.07, 6.45) is 1.78. The van der Waals surface area contributed by atoms with Crippen LogP contribution < -0.4 is 5.32 Å². The highest BCUT2D eigenvalue weighted by molar-refractivity contribution is 6.30. The van der Waals surface area contributed by atoms with E-state index in [4.69, 9.17) is 11.6 Å². The number of carbonyl (C=O) groups is 1. The van der Waals surface area contributed by atoms with Gasteiger partial charge in [0.1, 0.15) is 5.82 Å². The first-order valence-electron chi connectivity index (χ1n) is 9.86. The number of aromatic nitrogens is 3. The summed E-state index contributed by atoms with van der Waals surface area (Å²) in [7, 11) is 0. The lowest BCUT2D eigenvalue weighted by Gasteiger charge is -2.19. The summed E-state index contributed by atoms with van der Waals surface area (Å²) in [6.45, 7) is 7.56. The number of nitrogens with one attached hydrogen (secondary N) is 1. The van der Waals surface area contributed by atoms with E-state index in [1.807, 2.05) is 45.9 Å². The molecule has 2 heterocycles. The van der Waals surface area contributed by atoms with E-state index >= 15 is 0 Å². The lowest BCUT2D eigenvalue weighted by Crippen LogP contribution is -2.27. The van der Waals surface area contributed by atoms with E-state index < -0.39 is 11.2 Å². The molecule has 1 amide bonds. The van der Waals surface area contributed by atoms with E-state index in [1.165, 1.54) is 12.1 Å². The van der Waals surface area contributed by atoms with Crippen LogP contribution >= 0.6 is 11.6 Å². The number of rotatable bonds is 3. The predicted octanol–water partition coefficient (Wildman–Crippen LogP) is 6.15. The summed E-state index contributed by atoms with van der Waals surface area (Å²) < 4.78 is 15.8. The standard InChI is InChI=1S/C24H22ClFN4O/c1-14-5-6-15(11-20(14)28-23(31)24(2,3)4)21-13-30-22(27-21)10-9-19(29-30)17-12-16(25)7-8-18(17)26/h5-13H,1-4H3,(H,28,31). The van der Waals surface area contributed by atoms with Crippen molar-refractivity contribution in [2.75, 3.05) is 5.32 Å². The third kappa shape index (κ3) is 4.30. The zero-order valence-corrected chi connectivity index (χ0v) is 18.5. The van der Waals surface area contributed by atoms with Crippen LogP contribution in [-0.2, 0) is 4.79 Å². The van der Waals surface area contributed by atoms with Crippen molar-refractivity contribution < 1.29 is 9.18 Å². The number of halogens is 2. The van der Waals surface area contributed by atoms with Gasteiger partial charge >= 0.3 is 0 Å². The Morgan fingerprint density at radius 2 is 1.84 bits per heavy atom. The van der Waals surface area contributed by atoms with Crippen LogP contribution in [0.2, 0.25) is 5.02 Å². The Hall–Kier alpha value is -3.25. The minimum atomic E-state index is -0.499. The molecule has 31 heavy (non-hydrogen) atoms. The molecule has 4 rings (SSSR count). The van der Waals surface area contributed by atoms with Crippen LogP contribution in [0.4, 0.5) is 10.1 Å². The first-order chi connectivity index (χ1) is 14.6. The van der Waals surface area contributed by atoms with E-state index in [0.717, 1.165) is 16.8 Å². The van der Waals surface area contributed by atoms with Crippen LogP contribution in [0.5, 0.6) is 0 Å². The molecule has 4 aromatic rings. The second-order valence-corrected chi connectivity index (χ2v) is 8.94. The van der Waals surface area contributed by atoms with Gasteiger partial charge in [-0.3, -0.25) is 4.79 Å². The fourth-order valence-corrected chi connectivity index (χ4v) is 3.26. The van der Waals surface area contributed by atoms with Crippen LogP contribution in [0.1, 0.15) is 26.3 Å². The number of hydrogen-bond acceptors (Lipinski definition) is 3. The lowest BCUT2D eigenvalue weighted by molar-refractivity contribution is -0.123. The highest BCUT2D eigenvalue weighted by Gasteiger charge is 2.22. The van der Waals surface area contributed by atoms with Gasteiger partial charge in [0.25, 0.3) is 0 Å². The Labute approximate surface area is 184 Å². The number of nitrogens with zero attached hydrogens (tertiary/aromatic N) is 3. The van der Waals surface area contributed by atoms with Gasteiger partial charge in [0.05, 0.1) is 17.6 Å². The maximum Gasteiger partial charge on any atom is 0.229 e. The average molecular weight is 437 g/mol. The lowest BCUT2D eigenvalue weighted by atomic mass is 9.95. The molecule has 2 aromatic carbocycles. The summed E-state index contributed by atoms with van der Waals surface area (Å²) in [6, 6.07) is 13.7. The number of aryl methyl sites for hydroxylation is 1. The normalized spacial score (nSPS) is 11.7. The summed E-state index contributed by atoms with van der Waals surface area (Å²) in [5.74, 6) is -0.452. The molecule has 0 spiro atoms. The highest BCUT2D eigenvalue weighted by Crippen LogP contribution is 2.28. The van der Waals surface area contributed by atoms with Crippen molar-refractivity contribution in [2.45, 2.75) is 27.7 Å². The summed E-state index contributed by atoms with van der Waals surface area (Å²) in [4.78, 5) is 17.0. The minimum absolute atomic E-state index is 0.0578. The summed E-state index contributed by atoms with van der Waals surface area (Å²) >= 11 is 6.02. The molecule has 0 radical (unpaired) electrons. The number of imidazole rings is 1. The monoisotopic (exact) mass is 436 g/mol. The molecule has 7 heteroatoms. The second kappa shape index (κ2) is 7.78. The molecule has 158 valence electrons. The third-order valence-electron chi connectivity index (χ3n) is 4.99. The highest BCUT2D eigenvalue weighted by atomic mass is 35.5. The molecule has 0 aliphatic carbocycles. The number of amides is 1. The third-order valence-corrected chi connectivity index (χ3v) is 5.22. The Kier molecular flexibility index (Phi) is 5.27. The quantitative estimate of drug-likeness (QED) is 0.419. The molecule has 0 unspecified atom stereocenters. The summed E-state index contributed by atoms with van der Waals surface area (Å²) in [5.41, 5.74) is 4.15. The molecule has 0 saturated carbocycles. The topological polar surface area (TPSA) is 59.3 Å². The van der Waals surface area contributed by atoms with Crippen molar-refractivity contribution in [2.24, 2.45) is 5.41 Å². The van der Waals surface area contributed by atoms with Crippen molar-refractivity contribution in [1.82, 2.24) is 14.6 Å². The van der Waals surface area contributed by atoms with Crippen LogP contribution in [0.3, 0.4) is 0 Å². The van der Waals surface area contributed by atoms with Gasteiger partial charge < -0.3 is 5.32 Å². The predicted molar refractivity (Wildman–Crippen MR) is 122 cm³/mol. The Morgan fingerprint density at radius 1 is 1.06 bits per heavy atom. The van der Waals surface area contributed by atoms with Gasteiger partial charge in [-0.15, -0.1) is 0 Å². The number of hydrogen-bond donors (Lipinski definition) is 1. The van der Waals surface area contributed by atoms with E-state index in [0.29, 0.717) is 27.6 Å². The van der Waals surface area contributed by atoms with Gasteiger partial charge in [0.15, 0.2) is 5.65 Å². The maximum atomic E-state index is 14.2. The fraction of sp³-hybridized carbons (Fsp3) is 0.208. The Bertz CT molecular complexity index is 1310. The molecule has 2 aromatic heterocycles. The maximum absolute atomic E-state index is 14.2. The molecule has 0 saturated heterocycles. The van der Waals surface area contributed by atoms with Crippen molar-refractivity contribution in [3.8, 4) is 22.5 Å². The minimum Gasteiger partial charge on any atom is -0.325 e. The van der Waals surface area contributed by atoms with Gasteiger partial charge in [-0.2, -0.15) is 5.10 Å². The first-order valence-corrected chi connectivity index (χ1v) is 10.2. The molecule has 0 aliphatic rings. The van der Waals surface area contributed by atoms with Crippen molar-refractivity contribution in [3.05, 3.63) is 71.1 Å². The Balaban J connectivity index is 1.71. The van der Waals surface area contributed by atoms with Crippen molar-refractivity contribution >= 4 is 28.8 Å². The molecular formula is C24H22ClFN4O. The van der Waals surface area contributed by atoms with Crippen molar-refractivity contribution in [3.63, 3.8) is 0 Å².